The third kappa shape index (κ3) is 2.83. The van der Waals surface area contributed by atoms with Gasteiger partial charge in [-0.1, -0.05) is 19.3 Å². The molecule has 1 saturated heterocycles. The number of amides is 1. The van der Waals surface area contributed by atoms with Gasteiger partial charge in [-0.15, -0.1) is 0 Å². The van der Waals surface area contributed by atoms with Gasteiger partial charge in [0.1, 0.15) is 0 Å². The lowest BCUT2D eigenvalue weighted by molar-refractivity contribution is -0.143. The van der Waals surface area contributed by atoms with Gasteiger partial charge in [-0.3, -0.25) is 9.59 Å². The standard InChI is InChI=1S/C13H22N2O3/c1-9-12(16)15(11-5-3-2-4-6-11)8-10(7-14-9)13(17)18/h9-11,14H,2-8H2,1H3,(H,17,18). The molecule has 2 rings (SSSR count). The van der Waals surface area contributed by atoms with Crippen LogP contribution < -0.4 is 5.32 Å². The molecular weight excluding hydrogens is 232 g/mol. The second-order valence-electron chi connectivity index (χ2n) is 5.45. The smallest absolute Gasteiger partial charge is 0.309 e. The van der Waals surface area contributed by atoms with Crippen molar-refractivity contribution in [2.24, 2.45) is 5.92 Å². The Balaban J connectivity index is 2.12. The topological polar surface area (TPSA) is 69.6 Å². The summed E-state index contributed by atoms with van der Waals surface area (Å²) >= 11 is 0. The number of hydrogen-bond donors (Lipinski definition) is 2. The third-order valence-corrected chi connectivity index (χ3v) is 4.11. The highest BCUT2D eigenvalue weighted by molar-refractivity contribution is 5.83. The molecule has 0 aromatic rings. The molecule has 102 valence electrons. The van der Waals surface area contributed by atoms with Crippen LogP contribution in [0.4, 0.5) is 0 Å². The highest BCUT2D eigenvalue weighted by Crippen LogP contribution is 2.25. The highest BCUT2D eigenvalue weighted by atomic mass is 16.4. The second kappa shape index (κ2) is 5.69. The van der Waals surface area contributed by atoms with Crippen LogP contribution >= 0.6 is 0 Å². The van der Waals surface area contributed by atoms with Crippen LogP contribution in [0.3, 0.4) is 0 Å². The molecule has 1 amide bonds. The molecule has 0 radical (unpaired) electrons. The maximum absolute atomic E-state index is 12.3. The minimum atomic E-state index is -0.815. The summed E-state index contributed by atoms with van der Waals surface area (Å²) in [6.45, 7) is 2.56. The van der Waals surface area contributed by atoms with Crippen molar-refractivity contribution in [2.45, 2.75) is 51.1 Å². The summed E-state index contributed by atoms with van der Waals surface area (Å²) in [5, 5.41) is 12.2. The molecule has 2 fully saturated rings. The number of carboxylic acids is 1. The minimum Gasteiger partial charge on any atom is -0.481 e. The first kappa shape index (κ1) is 13.3. The quantitative estimate of drug-likeness (QED) is 0.766. The number of hydrogen-bond acceptors (Lipinski definition) is 3. The van der Waals surface area contributed by atoms with Gasteiger partial charge in [-0.25, -0.2) is 0 Å². The molecule has 1 aliphatic carbocycles. The maximum Gasteiger partial charge on any atom is 0.309 e. The van der Waals surface area contributed by atoms with Crippen molar-refractivity contribution in [1.82, 2.24) is 10.2 Å². The summed E-state index contributed by atoms with van der Waals surface area (Å²) < 4.78 is 0. The fourth-order valence-electron chi connectivity index (χ4n) is 2.93. The number of aliphatic carboxylic acids is 1. The van der Waals surface area contributed by atoms with Gasteiger partial charge in [-0.05, 0) is 19.8 Å². The van der Waals surface area contributed by atoms with E-state index in [9.17, 15) is 14.7 Å². The van der Waals surface area contributed by atoms with E-state index in [1.807, 2.05) is 11.8 Å². The normalized spacial score (nSPS) is 31.2. The summed E-state index contributed by atoms with van der Waals surface area (Å²) in [7, 11) is 0. The molecule has 2 unspecified atom stereocenters. The lowest BCUT2D eigenvalue weighted by Crippen LogP contribution is -2.48. The molecule has 2 N–H and O–H groups in total. The van der Waals surface area contributed by atoms with Crippen LogP contribution in [0.2, 0.25) is 0 Å². The summed E-state index contributed by atoms with van der Waals surface area (Å²) in [5.41, 5.74) is 0. The van der Waals surface area contributed by atoms with Crippen molar-refractivity contribution in [3.05, 3.63) is 0 Å². The fraction of sp³-hybridized carbons (Fsp3) is 0.846. The molecule has 1 aliphatic heterocycles. The second-order valence-corrected chi connectivity index (χ2v) is 5.45. The number of carboxylic acid groups (broad SMARTS) is 1. The van der Waals surface area contributed by atoms with Gasteiger partial charge in [0.15, 0.2) is 0 Å². The Bertz CT molecular complexity index is 326. The lowest BCUT2D eigenvalue weighted by Gasteiger charge is -2.35. The first-order valence-corrected chi connectivity index (χ1v) is 6.86. The van der Waals surface area contributed by atoms with E-state index in [0.717, 1.165) is 25.7 Å². The van der Waals surface area contributed by atoms with Crippen LogP contribution in [0.5, 0.6) is 0 Å². The van der Waals surface area contributed by atoms with E-state index in [-0.39, 0.29) is 18.0 Å². The largest absolute Gasteiger partial charge is 0.481 e. The van der Waals surface area contributed by atoms with Crippen LogP contribution in [0.15, 0.2) is 0 Å². The zero-order valence-corrected chi connectivity index (χ0v) is 10.9. The molecule has 1 heterocycles. The van der Waals surface area contributed by atoms with Gasteiger partial charge in [0, 0.05) is 19.1 Å². The van der Waals surface area contributed by atoms with Crippen molar-refractivity contribution in [1.29, 1.82) is 0 Å². The van der Waals surface area contributed by atoms with Crippen LogP contribution in [0.1, 0.15) is 39.0 Å². The van der Waals surface area contributed by atoms with Crippen LogP contribution in [0, 0.1) is 5.92 Å². The molecule has 0 bridgehead atoms. The predicted octanol–water partition coefficient (Wildman–Crippen LogP) is 0.840. The van der Waals surface area contributed by atoms with Gasteiger partial charge in [-0.2, -0.15) is 0 Å². The van der Waals surface area contributed by atoms with E-state index in [0.29, 0.717) is 13.1 Å². The Morgan fingerprint density at radius 3 is 2.61 bits per heavy atom. The zero-order chi connectivity index (χ0) is 13.1. The predicted molar refractivity (Wildman–Crippen MR) is 67.2 cm³/mol. The number of carbonyl (C=O) groups is 2. The monoisotopic (exact) mass is 254 g/mol. The minimum absolute atomic E-state index is 0.0608. The lowest BCUT2D eigenvalue weighted by atomic mass is 9.93. The Morgan fingerprint density at radius 1 is 1.33 bits per heavy atom. The summed E-state index contributed by atoms with van der Waals surface area (Å²) in [6, 6.07) is -0.0215. The molecule has 2 atom stereocenters. The van der Waals surface area contributed by atoms with Crippen molar-refractivity contribution in [3.63, 3.8) is 0 Å². The average Bonchev–Trinajstić information content (AvgIpc) is 2.52. The molecular formula is C13H22N2O3. The molecule has 0 spiro atoms. The molecule has 0 aromatic carbocycles. The van der Waals surface area contributed by atoms with E-state index in [4.69, 9.17) is 0 Å². The van der Waals surface area contributed by atoms with E-state index < -0.39 is 11.9 Å². The molecule has 5 heteroatoms. The highest BCUT2D eigenvalue weighted by Gasteiger charge is 2.35. The maximum atomic E-state index is 12.3. The first-order chi connectivity index (χ1) is 8.59. The van der Waals surface area contributed by atoms with Gasteiger partial charge >= 0.3 is 5.97 Å². The number of rotatable bonds is 2. The van der Waals surface area contributed by atoms with Crippen LogP contribution in [0.25, 0.3) is 0 Å². The molecule has 2 aliphatic rings. The fourth-order valence-corrected chi connectivity index (χ4v) is 2.93. The summed E-state index contributed by atoms with van der Waals surface area (Å²) in [6.07, 6.45) is 5.56. The van der Waals surface area contributed by atoms with E-state index in [2.05, 4.69) is 5.32 Å². The van der Waals surface area contributed by atoms with E-state index in [1.54, 1.807) is 0 Å². The van der Waals surface area contributed by atoms with E-state index in [1.165, 1.54) is 6.42 Å². The Hall–Kier alpha value is -1.10. The van der Waals surface area contributed by atoms with E-state index >= 15 is 0 Å². The van der Waals surface area contributed by atoms with Crippen molar-refractivity contribution < 1.29 is 14.7 Å². The van der Waals surface area contributed by atoms with Crippen molar-refractivity contribution in [3.8, 4) is 0 Å². The summed E-state index contributed by atoms with van der Waals surface area (Å²) in [5.74, 6) is -1.24. The Morgan fingerprint density at radius 2 is 2.00 bits per heavy atom. The summed E-state index contributed by atoms with van der Waals surface area (Å²) in [4.78, 5) is 25.3. The Kier molecular flexibility index (Phi) is 4.22. The SMILES string of the molecule is CC1NCC(C(=O)O)CN(C2CCCCC2)C1=O. The number of carbonyl (C=O) groups excluding carboxylic acids is 1. The third-order valence-electron chi connectivity index (χ3n) is 4.11. The molecule has 1 saturated carbocycles. The number of nitrogens with one attached hydrogen (secondary N) is 1. The molecule has 18 heavy (non-hydrogen) atoms. The average molecular weight is 254 g/mol. The van der Waals surface area contributed by atoms with Gasteiger partial charge < -0.3 is 15.3 Å². The molecule has 0 aromatic heterocycles. The van der Waals surface area contributed by atoms with Crippen LogP contribution in [-0.4, -0.2) is 47.1 Å². The van der Waals surface area contributed by atoms with Crippen molar-refractivity contribution >= 4 is 11.9 Å². The first-order valence-electron chi connectivity index (χ1n) is 6.86. The van der Waals surface area contributed by atoms with Crippen molar-refractivity contribution in [2.75, 3.05) is 13.1 Å². The molecule has 5 nitrogen and oxygen atoms in total. The number of nitrogens with zero attached hydrogens (tertiary/aromatic N) is 1. The van der Waals surface area contributed by atoms with Gasteiger partial charge in [0.05, 0.1) is 12.0 Å². The van der Waals surface area contributed by atoms with Crippen LogP contribution in [-0.2, 0) is 9.59 Å². The van der Waals surface area contributed by atoms with Gasteiger partial charge in [0.25, 0.3) is 0 Å². The van der Waals surface area contributed by atoms with Gasteiger partial charge in [0.2, 0.25) is 5.91 Å². The Labute approximate surface area is 108 Å². The zero-order valence-electron chi connectivity index (χ0n) is 10.9.